The lowest BCUT2D eigenvalue weighted by molar-refractivity contribution is -0.165. The summed E-state index contributed by atoms with van der Waals surface area (Å²) in [6.45, 7) is 6.52. The van der Waals surface area contributed by atoms with Gasteiger partial charge in [-0.15, -0.1) is 0 Å². The van der Waals surface area contributed by atoms with E-state index in [2.05, 4.69) is 22.5 Å². The molecule has 1 N–H and O–H groups in total. The first kappa shape index (κ1) is 22.3. The van der Waals surface area contributed by atoms with Crippen LogP contribution in [-0.2, 0) is 27.2 Å². The highest BCUT2D eigenvalue weighted by molar-refractivity contribution is 5.89. The number of amides is 2. The molecule has 1 aromatic heterocycles. The van der Waals surface area contributed by atoms with E-state index in [0.717, 1.165) is 24.8 Å². The fraction of sp³-hybridized carbons (Fsp3) is 0.542. The number of aromatic nitrogens is 2. The number of nitrogens with zero attached hydrogens (tertiary/aromatic N) is 3. The molecular weight excluding hydrogens is 408 g/mol. The van der Waals surface area contributed by atoms with Crippen LogP contribution >= 0.6 is 0 Å². The lowest BCUT2D eigenvalue weighted by Gasteiger charge is -2.47. The molecule has 0 radical (unpaired) electrons. The molecule has 2 aliphatic rings. The van der Waals surface area contributed by atoms with E-state index < -0.39 is 17.3 Å². The number of hydrogen-bond acceptors (Lipinski definition) is 5. The van der Waals surface area contributed by atoms with Crippen LogP contribution in [0.5, 0.6) is 0 Å². The van der Waals surface area contributed by atoms with Gasteiger partial charge in [0.25, 0.3) is 5.91 Å². The highest BCUT2D eigenvalue weighted by atomic mass is 16.6. The molecule has 2 amide bonds. The van der Waals surface area contributed by atoms with Gasteiger partial charge in [0.05, 0.1) is 31.9 Å². The molecule has 8 heteroatoms. The Kier molecular flexibility index (Phi) is 5.99. The summed E-state index contributed by atoms with van der Waals surface area (Å²) in [7, 11) is 1.51. The molecule has 1 aliphatic heterocycles. The van der Waals surface area contributed by atoms with E-state index in [1.807, 2.05) is 49.8 Å². The molecule has 0 bridgehead atoms. The fourth-order valence-electron chi connectivity index (χ4n) is 4.34. The van der Waals surface area contributed by atoms with Crippen molar-refractivity contribution < 1.29 is 19.1 Å². The van der Waals surface area contributed by atoms with Crippen molar-refractivity contribution in [2.45, 2.75) is 63.8 Å². The second-order valence-corrected chi connectivity index (χ2v) is 9.64. The summed E-state index contributed by atoms with van der Waals surface area (Å²) in [6.07, 6.45) is 4.21. The van der Waals surface area contributed by atoms with Crippen LogP contribution in [0.15, 0.2) is 36.5 Å². The van der Waals surface area contributed by atoms with Crippen molar-refractivity contribution in [1.29, 1.82) is 0 Å². The number of fused-ring (bicyclic) bond motifs is 1. The standard InChI is InChI=1S/C24H32N4O4/c1-23(2,3)32-22(30)27-15-24(16-27,31-4)21(29)26-19-11-8-12-20-18(19)13-25-28(20)14-17-9-6-5-7-10-17/h5-7,9-10,13,19H,8,11-12,14-16H2,1-4H3,(H,26,29). The molecule has 172 valence electrons. The van der Waals surface area contributed by atoms with Crippen LogP contribution < -0.4 is 5.32 Å². The van der Waals surface area contributed by atoms with Crippen LogP contribution in [0.1, 0.15) is 56.5 Å². The molecule has 32 heavy (non-hydrogen) atoms. The van der Waals surface area contributed by atoms with Gasteiger partial charge < -0.3 is 19.7 Å². The molecule has 0 saturated carbocycles. The maximum atomic E-state index is 13.2. The minimum atomic E-state index is -1.05. The quantitative estimate of drug-likeness (QED) is 0.772. The molecule has 8 nitrogen and oxygen atoms in total. The summed E-state index contributed by atoms with van der Waals surface area (Å²) in [4.78, 5) is 26.9. The third-order valence-electron chi connectivity index (χ3n) is 6.09. The normalized spacial score (nSPS) is 19.6. The number of ether oxygens (including phenoxy) is 2. The summed E-state index contributed by atoms with van der Waals surface area (Å²) < 4.78 is 13.0. The number of carbonyl (C=O) groups is 2. The molecular formula is C24H32N4O4. The number of rotatable bonds is 5. The number of benzene rings is 1. The Balaban J connectivity index is 1.42. The predicted octanol–water partition coefficient (Wildman–Crippen LogP) is 3.06. The summed E-state index contributed by atoms with van der Waals surface area (Å²) >= 11 is 0. The number of hydrogen-bond donors (Lipinski definition) is 1. The van der Waals surface area contributed by atoms with Crippen LogP contribution in [0.25, 0.3) is 0 Å². The van der Waals surface area contributed by atoms with E-state index >= 15 is 0 Å². The average Bonchev–Trinajstić information content (AvgIpc) is 3.11. The Morgan fingerprint density at radius 2 is 1.94 bits per heavy atom. The maximum Gasteiger partial charge on any atom is 0.410 e. The molecule has 2 aromatic rings. The number of nitrogens with one attached hydrogen (secondary N) is 1. The molecule has 0 spiro atoms. The lowest BCUT2D eigenvalue weighted by atomic mass is 9.89. The Morgan fingerprint density at radius 3 is 2.59 bits per heavy atom. The smallest absolute Gasteiger partial charge is 0.410 e. The van der Waals surface area contributed by atoms with Crippen molar-refractivity contribution >= 4 is 12.0 Å². The Bertz CT molecular complexity index is 974. The van der Waals surface area contributed by atoms with Gasteiger partial charge in [0.15, 0.2) is 5.60 Å². The van der Waals surface area contributed by atoms with Crippen molar-refractivity contribution in [1.82, 2.24) is 20.0 Å². The highest BCUT2D eigenvalue weighted by Crippen LogP contribution is 2.33. The maximum absolute atomic E-state index is 13.2. The minimum Gasteiger partial charge on any atom is -0.444 e. The van der Waals surface area contributed by atoms with Crippen molar-refractivity contribution in [3.05, 3.63) is 53.3 Å². The van der Waals surface area contributed by atoms with Gasteiger partial charge in [0.1, 0.15) is 5.60 Å². The number of likely N-dealkylation sites (tertiary alicyclic amines) is 1. The van der Waals surface area contributed by atoms with E-state index in [0.29, 0.717) is 6.54 Å². The largest absolute Gasteiger partial charge is 0.444 e. The van der Waals surface area contributed by atoms with Crippen LogP contribution in [0.3, 0.4) is 0 Å². The fourth-order valence-corrected chi connectivity index (χ4v) is 4.34. The molecule has 1 aliphatic carbocycles. The van der Waals surface area contributed by atoms with E-state index in [9.17, 15) is 9.59 Å². The number of carbonyl (C=O) groups excluding carboxylic acids is 2. The van der Waals surface area contributed by atoms with Gasteiger partial charge in [0.2, 0.25) is 0 Å². The van der Waals surface area contributed by atoms with Crippen LogP contribution in [-0.4, -0.2) is 58.1 Å². The van der Waals surface area contributed by atoms with E-state index in [1.165, 1.54) is 23.3 Å². The Morgan fingerprint density at radius 1 is 1.22 bits per heavy atom. The van der Waals surface area contributed by atoms with Gasteiger partial charge >= 0.3 is 6.09 Å². The molecule has 1 atom stereocenters. The first-order chi connectivity index (χ1) is 15.2. The van der Waals surface area contributed by atoms with E-state index in [1.54, 1.807) is 0 Å². The number of methoxy groups -OCH3 is 1. The van der Waals surface area contributed by atoms with Gasteiger partial charge in [-0.3, -0.25) is 9.48 Å². The van der Waals surface area contributed by atoms with Gasteiger partial charge in [-0.05, 0) is 45.6 Å². The van der Waals surface area contributed by atoms with E-state index in [-0.39, 0.29) is 25.0 Å². The van der Waals surface area contributed by atoms with Crippen LogP contribution in [0, 0.1) is 0 Å². The summed E-state index contributed by atoms with van der Waals surface area (Å²) in [5.74, 6) is -0.200. The summed E-state index contributed by atoms with van der Waals surface area (Å²) in [5.41, 5.74) is 1.80. The molecule has 4 rings (SSSR count). The van der Waals surface area contributed by atoms with Gasteiger partial charge in [-0.1, -0.05) is 30.3 Å². The zero-order chi connectivity index (χ0) is 22.9. The minimum absolute atomic E-state index is 0.113. The van der Waals surface area contributed by atoms with Crippen LogP contribution in [0.4, 0.5) is 4.79 Å². The lowest BCUT2D eigenvalue weighted by Crippen LogP contribution is -2.71. The monoisotopic (exact) mass is 440 g/mol. The third kappa shape index (κ3) is 4.50. The van der Waals surface area contributed by atoms with Crippen molar-refractivity contribution in [2.75, 3.05) is 20.2 Å². The molecule has 1 aromatic carbocycles. The second-order valence-electron chi connectivity index (χ2n) is 9.64. The first-order valence-corrected chi connectivity index (χ1v) is 11.1. The van der Waals surface area contributed by atoms with Gasteiger partial charge in [-0.25, -0.2) is 4.79 Å². The van der Waals surface area contributed by atoms with Gasteiger partial charge in [-0.2, -0.15) is 5.10 Å². The van der Waals surface area contributed by atoms with Crippen LogP contribution in [0.2, 0.25) is 0 Å². The van der Waals surface area contributed by atoms with Crippen molar-refractivity contribution in [3.63, 3.8) is 0 Å². The molecule has 1 unspecified atom stereocenters. The zero-order valence-electron chi connectivity index (χ0n) is 19.3. The second kappa shape index (κ2) is 8.58. The summed E-state index contributed by atoms with van der Waals surface area (Å²) in [6, 6.07) is 10.1. The Hall–Kier alpha value is -2.87. The molecule has 1 fully saturated rings. The van der Waals surface area contributed by atoms with Crippen molar-refractivity contribution in [2.24, 2.45) is 0 Å². The molecule has 2 heterocycles. The highest BCUT2D eigenvalue weighted by Gasteiger charge is 2.53. The average molecular weight is 441 g/mol. The van der Waals surface area contributed by atoms with E-state index in [4.69, 9.17) is 9.47 Å². The van der Waals surface area contributed by atoms with Crippen molar-refractivity contribution in [3.8, 4) is 0 Å². The molecule has 1 saturated heterocycles. The third-order valence-corrected chi connectivity index (χ3v) is 6.09. The van der Waals surface area contributed by atoms with Gasteiger partial charge in [0, 0.05) is 18.4 Å². The SMILES string of the molecule is COC1(C(=O)NC2CCCc3c2cnn3Cc2ccccc2)CN(C(=O)OC(C)(C)C)C1. The predicted molar refractivity (Wildman–Crippen MR) is 119 cm³/mol. The zero-order valence-corrected chi connectivity index (χ0v) is 19.3. The summed E-state index contributed by atoms with van der Waals surface area (Å²) in [5, 5.41) is 7.76. The first-order valence-electron chi connectivity index (χ1n) is 11.1. The topological polar surface area (TPSA) is 85.7 Å². The Labute approximate surface area is 188 Å².